The number of rotatable bonds is 3. The Balaban J connectivity index is 0.00000160. The van der Waals surface area contributed by atoms with Crippen LogP contribution in [0.1, 0.15) is 18.9 Å². The van der Waals surface area contributed by atoms with Crippen LogP contribution in [0, 0.1) is 6.92 Å². The molecule has 0 heterocycles. The van der Waals surface area contributed by atoms with Gasteiger partial charge in [0.25, 0.3) is 0 Å². The van der Waals surface area contributed by atoms with Gasteiger partial charge in [0.1, 0.15) is 0 Å². The molecule has 0 aromatic heterocycles. The van der Waals surface area contributed by atoms with E-state index >= 15 is 0 Å². The molecule has 1 atom stereocenters. The van der Waals surface area contributed by atoms with Gasteiger partial charge in [-0.1, -0.05) is 105 Å². The van der Waals surface area contributed by atoms with Crippen LogP contribution in [0.5, 0.6) is 0 Å². The van der Waals surface area contributed by atoms with Gasteiger partial charge in [-0.2, -0.15) is 0 Å². The van der Waals surface area contributed by atoms with E-state index in [1.54, 1.807) is 10.8 Å². The zero-order valence-corrected chi connectivity index (χ0v) is 26.0. The Kier molecular flexibility index (Phi) is 8.92. The van der Waals surface area contributed by atoms with Crippen LogP contribution >= 0.6 is 0 Å². The molecule has 163 valence electrons. The monoisotopic (exact) mass is 561 g/mol. The van der Waals surface area contributed by atoms with Crippen LogP contribution in [0.15, 0.2) is 64.4 Å². The Hall–Kier alpha value is -0.183. The van der Waals surface area contributed by atoms with Gasteiger partial charge in [-0.25, -0.2) is 0 Å². The standard InChI is InChI=1S/C26H33Si2.2ClH.Zr/c1-18-13-14-21-20(15-18)16-22-24(21)23(27(3,4)5)17-26(2,28(6,7)8)25(22)19-11-9-10-12-19;;;/h9-11,13-15,17H,12H2,1-8H3;2*1H;/q-1;;;+3/p-2. The van der Waals surface area contributed by atoms with Gasteiger partial charge >= 0.3 is 26.2 Å². The smallest absolute Gasteiger partial charge is 1.00 e. The number of hydrogen-bond donors (Lipinski definition) is 0. The third-order valence-corrected chi connectivity index (χ3v) is 12.4. The van der Waals surface area contributed by atoms with Crippen molar-refractivity contribution in [3.8, 4) is 0 Å². The number of halogens is 2. The Morgan fingerprint density at radius 2 is 1.65 bits per heavy atom. The third-order valence-electron chi connectivity index (χ3n) is 6.88. The summed E-state index contributed by atoms with van der Waals surface area (Å²) in [5.74, 6) is 0. The van der Waals surface area contributed by atoms with Crippen LogP contribution in [0.3, 0.4) is 0 Å². The van der Waals surface area contributed by atoms with E-state index < -0.39 is 16.1 Å². The summed E-state index contributed by atoms with van der Waals surface area (Å²) in [6.07, 6.45) is 14.6. The Bertz CT molecular complexity index is 1130. The van der Waals surface area contributed by atoms with Crippen molar-refractivity contribution in [2.24, 2.45) is 0 Å². The summed E-state index contributed by atoms with van der Waals surface area (Å²) < 4.78 is 0. The number of hydrogen-bond acceptors (Lipinski definition) is 0. The number of benzene rings is 1. The Labute approximate surface area is 222 Å². The van der Waals surface area contributed by atoms with Crippen molar-refractivity contribution in [2.75, 3.05) is 0 Å². The first-order chi connectivity index (χ1) is 12.9. The van der Waals surface area contributed by atoms with Gasteiger partial charge in [0.15, 0.2) is 0 Å². The summed E-state index contributed by atoms with van der Waals surface area (Å²) in [4.78, 5) is 0. The molecule has 3 aliphatic carbocycles. The SMILES string of the molecule is Cc1ccc2c(c1)=[C-]C1=C(C3=CC=CC3)C(C)([Si](C)(C)C)C=C([Si](C)(C)C)C=21.[Cl-].[Cl-].[Zr+3]. The van der Waals surface area contributed by atoms with Crippen LogP contribution < -0.4 is 35.3 Å². The molecular weight excluding hydrogens is 531 g/mol. The molecule has 0 saturated heterocycles. The second-order valence-electron chi connectivity index (χ2n) is 10.9. The fourth-order valence-electron chi connectivity index (χ4n) is 4.78. The first-order valence-corrected chi connectivity index (χ1v) is 17.5. The summed E-state index contributed by atoms with van der Waals surface area (Å²) in [5.41, 5.74) is 7.27. The molecular formula is C26H33Cl2Si2Zr. The molecule has 0 saturated carbocycles. The zero-order valence-electron chi connectivity index (χ0n) is 20.0. The molecule has 4 rings (SSSR count). The summed E-state index contributed by atoms with van der Waals surface area (Å²) >= 11 is 0. The van der Waals surface area contributed by atoms with Gasteiger partial charge < -0.3 is 24.8 Å². The third kappa shape index (κ3) is 4.73. The van der Waals surface area contributed by atoms with E-state index in [1.165, 1.54) is 32.7 Å². The van der Waals surface area contributed by atoms with Crippen molar-refractivity contribution < 1.29 is 51.0 Å². The number of aryl methyl sites for hydroxylation is 1. The fraction of sp³-hybridized carbons (Fsp3) is 0.385. The maximum Gasteiger partial charge on any atom is 3.00 e. The molecule has 0 nitrogen and oxygen atoms in total. The van der Waals surface area contributed by atoms with Crippen molar-refractivity contribution in [1.29, 1.82) is 0 Å². The normalized spacial score (nSPS) is 21.7. The van der Waals surface area contributed by atoms with Crippen LogP contribution in [0.4, 0.5) is 0 Å². The van der Waals surface area contributed by atoms with Crippen molar-refractivity contribution in [3.05, 3.63) is 80.4 Å². The molecule has 0 spiro atoms. The maximum atomic E-state index is 3.91. The predicted molar refractivity (Wildman–Crippen MR) is 129 cm³/mol. The van der Waals surface area contributed by atoms with Crippen LogP contribution in [0.2, 0.25) is 44.3 Å². The molecule has 5 heteroatoms. The molecule has 1 aromatic carbocycles. The molecule has 1 unspecified atom stereocenters. The largest absolute Gasteiger partial charge is 3.00 e. The number of allylic oxidation sites excluding steroid dienone is 8. The van der Waals surface area contributed by atoms with Gasteiger partial charge in [0.2, 0.25) is 0 Å². The first-order valence-electron chi connectivity index (χ1n) is 10.5. The Morgan fingerprint density at radius 1 is 1.00 bits per heavy atom. The first kappa shape index (κ1) is 28.8. The molecule has 31 heavy (non-hydrogen) atoms. The van der Waals surface area contributed by atoms with E-state index in [2.05, 4.69) is 102 Å². The van der Waals surface area contributed by atoms with E-state index in [1.807, 2.05) is 0 Å². The zero-order chi connectivity index (χ0) is 20.5. The van der Waals surface area contributed by atoms with E-state index in [-0.39, 0.29) is 56.1 Å². The predicted octanol–water partition coefficient (Wildman–Crippen LogP) is -0.0789. The van der Waals surface area contributed by atoms with E-state index in [0.29, 0.717) is 0 Å². The number of fused-ring (bicyclic) bond motifs is 2. The van der Waals surface area contributed by atoms with Crippen LogP contribution in [-0.2, 0) is 26.2 Å². The minimum absolute atomic E-state index is 0. The molecule has 0 N–H and O–H groups in total. The van der Waals surface area contributed by atoms with E-state index in [9.17, 15) is 0 Å². The topological polar surface area (TPSA) is 0 Å². The van der Waals surface area contributed by atoms with Crippen molar-refractivity contribution in [2.45, 2.75) is 64.6 Å². The van der Waals surface area contributed by atoms with Crippen molar-refractivity contribution in [1.82, 2.24) is 0 Å². The quantitative estimate of drug-likeness (QED) is 0.357. The van der Waals surface area contributed by atoms with Crippen molar-refractivity contribution in [3.63, 3.8) is 0 Å². The average Bonchev–Trinajstić information content (AvgIpc) is 3.19. The second kappa shape index (κ2) is 9.59. The van der Waals surface area contributed by atoms with Gasteiger partial charge in [0.05, 0.1) is 16.1 Å². The van der Waals surface area contributed by atoms with Crippen molar-refractivity contribution >= 4 is 27.8 Å². The summed E-state index contributed by atoms with van der Waals surface area (Å²) in [6.45, 7) is 19.8. The molecule has 3 aliphatic rings. The maximum absolute atomic E-state index is 3.91. The minimum Gasteiger partial charge on any atom is -1.00 e. The molecule has 0 amide bonds. The van der Waals surface area contributed by atoms with Gasteiger partial charge in [0, 0.05) is 0 Å². The fourth-order valence-corrected chi connectivity index (χ4v) is 8.27. The summed E-state index contributed by atoms with van der Waals surface area (Å²) in [7, 11) is -3.06. The summed E-state index contributed by atoms with van der Waals surface area (Å²) in [6, 6.07) is 6.92. The molecule has 1 radical (unpaired) electrons. The van der Waals surface area contributed by atoms with Crippen LogP contribution in [0.25, 0.3) is 11.6 Å². The molecule has 0 fully saturated rings. The molecule has 0 bridgehead atoms. The Morgan fingerprint density at radius 3 is 2.16 bits per heavy atom. The summed E-state index contributed by atoms with van der Waals surface area (Å²) in [5, 5.41) is 4.45. The second-order valence-corrected chi connectivity index (χ2v) is 21.5. The van der Waals surface area contributed by atoms with Gasteiger partial charge in [-0.05, 0) is 18.4 Å². The van der Waals surface area contributed by atoms with Gasteiger partial charge in [-0.3, -0.25) is 0 Å². The average molecular weight is 564 g/mol. The van der Waals surface area contributed by atoms with Gasteiger partial charge in [-0.15, -0.1) is 33.7 Å². The van der Waals surface area contributed by atoms with E-state index in [0.717, 1.165) is 6.42 Å². The minimum atomic E-state index is -1.54. The molecule has 0 aliphatic heterocycles. The molecule has 1 aromatic rings. The van der Waals surface area contributed by atoms with Crippen LogP contribution in [-0.4, -0.2) is 16.1 Å². The van der Waals surface area contributed by atoms with E-state index in [4.69, 9.17) is 0 Å².